The van der Waals surface area contributed by atoms with E-state index in [1.165, 1.54) is 0 Å². The molecule has 1 heterocycles. The van der Waals surface area contributed by atoms with E-state index in [9.17, 15) is 8.78 Å². The molecule has 2 aromatic rings. The third-order valence-electron chi connectivity index (χ3n) is 2.88. The molecule has 0 unspecified atom stereocenters. The van der Waals surface area contributed by atoms with Crippen molar-refractivity contribution in [3.05, 3.63) is 53.6 Å². The van der Waals surface area contributed by atoms with Gasteiger partial charge in [0.2, 0.25) is 6.79 Å². The number of halogens is 2. The topological polar surface area (TPSA) is 30.5 Å². The zero-order valence-electron chi connectivity index (χ0n) is 9.95. The van der Waals surface area contributed by atoms with Crippen LogP contribution in [0.5, 0.6) is 11.5 Å². The van der Waals surface area contributed by atoms with Gasteiger partial charge in [0.1, 0.15) is 11.6 Å². The standard InChI is InChI=1S/C14H11F2NO2/c15-10-4-5-11(16)12(6-10)17-7-9-2-1-3-13-14(9)19-8-18-13/h1-6,17H,7-8H2. The number of fused-ring (bicyclic) bond motifs is 1. The Balaban J connectivity index is 1.80. The summed E-state index contributed by atoms with van der Waals surface area (Å²) in [4.78, 5) is 0. The van der Waals surface area contributed by atoms with Crippen molar-refractivity contribution in [1.29, 1.82) is 0 Å². The maximum atomic E-state index is 13.5. The SMILES string of the molecule is Fc1ccc(F)c(NCc2cccc3c2OCO3)c1. The summed E-state index contributed by atoms with van der Waals surface area (Å²) in [7, 11) is 0. The van der Waals surface area contributed by atoms with Crippen LogP contribution in [0, 0.1) is 11.6 Å². The van der Waals surface area contributed by atoms with Crippen molar-refractivity contribution >= 4 is 5.69 Å². The van der Waals surface area contributed by atoms with Crippen LogP contribution in [0.4, 0.5) is 14.5 Å². The second kappa shape index (κ2) is 4.76. The van der Waals surface area contributed by atoms with Gasteiger partial charge in [-0.05, 0) is 24.3 Å². The normalized spacial score (nSPS) is 12.5. The molecular weight excluding hydrogens is 252 g/mol. The summed E-state index contributed by atoms with van der Waals surface area (Å²) in [5, 5.41) is 2.85. The van der Waals surface area contributed by atoms with Gasteiger partial charge in [0.25, 0.3) is 0 Å². The van der Waals surface area contributed by atoms with Crippen LogP contribution in [-0.2, 0) is 6.54 Å². The summed E-state index contributed by atoms with van der Waals surface area (Å²) in [6.07, 6.45) is 0. The van der Waals surface area contributed by atoms with Crippen LogP contribution in [0.15, 0.2) is 36.4 Å². The molecule has 0 saturated carbocycles. The van der Waals surface area contributed by atoms with Crippen LogP contribution < -0.4 is 14.8 Å². The monoisotopic (exact) mass is 263 g/mol. The Kier molecular flexibility index (Phi) is 2.95. The average Bonchev–Trinajstić information content (AvgIpc) is 2.88. The Morgan fingerprint density at radius 1 is 1.11 bits per heavy atom. The molecule has 2 aromatic carbocycles. The highest BCUT2D eigenvalue weighted by atomic mass is 19.1. The molecule has 0 aromatic heterocycles. The third kappa shape index (κ3) is 2.31. The van der Waals surface area contributed by atoms with E-state index in [2.05, 4.69) is 5.32 Å². The van der Waals surface area contributed by atoms with E-state index in [0.717, 1.165) is 23.8 Å². The quantitative estimate of drug-likeness (QED) is 0.921. The Labute approximate surface area is 108 Å². The number of hydrogen-bond acceptors (Lipinski definition) is 3. The van der Waals surface area contributed by atoms with E-state index in [1.807, 2.05) is 12.1 Å². The van der Waals surface area contributed by atoms with Crippen molar-refractivity contribution in [1.82, 2.24) is 0 Å². The van der Waals surface area contributed by atoms with Gasteiger partial charge >= 0.3 is 0 Å². The Morgan fingerprint density at radius 3 is 2.89 bits per heavy atom. The average molecular weight is 263 g/mol. The summed E-state index contributed by atoms with van der Waals surface area (Å²) in [6, 6.07) is 8.76. The molecule has 3 nitrogen and oxygen atoms in total. The highest BCUT2D eigenvalue weighted by Crippen LogP contribution is 2.35. The summed E-state index contributed by atoms with van der Waals surface area (Å²) in [5.41, 5.74) is 0.954. The summed E-state index contributed by atoms with van der Waals surface area (Å²) < 4.78 is 37.1. The van der Waals surface area contributed by atoms with E-state index in [-0.39, 0.29) is 12.5 Å². The predicted molar refractivity (Wildman–Crippen MR) is 66.2 cm³/mol. The van der Waals surface area contributed by atoms with Crippen molar-refractivity contribution in [3.8, 4) is 11.5 Å². The fraction of sp³-hybridized carbons (Fsp3) is 0.143. The molecule has 0 fully saturated rings. The molecule has 98 valence electrons. The molecule has 5 heteroatoms. The molecule has 0 saturated heterocycles. The molecular formula is C14H11F2NO2. The number of nitrogens with one attached hydrogen (secondary N) is 1. The van der Waals surface area contributed by atoms with Crippen molar-refractivity contribution in [2.45, 2.75) is 6.54 Å². The van der Waals surface area contributed by atoms with Crippen molar-refractivity contribution < 1.29 is 18.3 Å². The summed E-state index contributed by atoms with van der Waals surface area (Å²) >= 11 is 0. The van der Waals surface area contributed by atoms with E-state index < -0.39 is 11.6 Å². The van der Waals surface area contributed by atoms with Crippen LogP contribution in [0.3, 0.4) is 0 Å². The maximum absolute atomic E-state index is 13.5. The van der Waals surface area contributed by atoms with Crippen molar-refractivity contribution in [3.63, 3.8) is 0 Å². The van der Waals surface area contributed by atoms with Crippen LogP contribution in [0.25, 0.3) is 0 Å². The number of rotatable bonds is 3. The van der Waals surface area contributed by atoms with E-state index in [0.29, 0.717) is 18.0 Å². The van der Waals surface area contributed by atoms with Crippen molar-refractivity contribution in [2.24, 2.45) is 0 Å². The van der Waals surface area contributed by atoms with E-state index in [4.69, 9.17) is 9.47 Å². The molecule has 1 aliphatic heterocycles. The molecule has 0 spiro atoms. The van der Waals surface area contributed by atoms with Gasteiger partial charge in [-0.15, -0.1) is 0 Å². The first-order valence-electron chi connectivity index (χ1n) is 5.80. The minimum absolute atomic E-state index is 0.122. The number of ether oxygens (including phenoxy) is 2. The minimum atomic E-state index is -0.494. The molecule has 19 heavy (non-hydrogen) atoms. The lowest BCUT2D eigenvalue weighted by atomic mass is 10.2. The van der Waals surface area contributed by atoms with E-state index in [1.54, 1.807) is 6.07 Å². The maximum Gasteiger partial charge on any atom is 0.231 e. The molecule has 1 N–H and O–H groups in total. The van der Waals surface area contributed by atoms with Gasteiger partial charge in [-0.3, -0.25) is 0 Å². The fourth-order valence-corrected chi connectivity index (χ4v) is 1.95. The largest absolute Gasteiger partial charge is 0.454 e. The highest BCUT2D eigenvalue weighted by Gasteiger charge is 2.17. The predicted octanol–water partition coefficient (Wildman–Crippen LogP) is 3.31. The van der Waals surface area contributed by atoms with Gasteiger partial charge < -0.3 is 14.8 Å². The van der Waals surface area contributed by atoms with Gasteiger partial charge in [0, 0.05) is 12.1 Å². The molecule has 0 bridgehead atoms. The van der Waals surface area contributed by atoms with Crippen LogP contribution >= 0.6 is 0 Å². The Hall–Kier alpha value is -2.30. The Morgan fingerprint density at radius 2 is 2.00 bits per heavy atom. The lowest BCUT2D eigenvalue weighted by molar-refractivity contribution is 0.173. The fourth-order valence-electron chi connectivity index (χ4n) is 1.95. The first-order chi connectivity index (χ1) is 9.24. The smallest absolute Gasteiger partial charge is 0.231 e. The molecule has 0 amide bonds. The van der Waals surface area contributed by atoms with Crippen LogP contribution in [-0.4, -0.2) is 6.79 Å². The van der Waals surface area contributed by atoms with Crippen molar-refractivity contribution in [2.75, 3.05) is 12.1 Å². The summed E-state index contributed by atoms with van der Waals surface area (Å²) in [6.45, 7) is 0.508. The highest BCUT2D eigenvalue weighted by molar-refractivity contribution is 5.51. The molecule has 0 atom stereocenters. The number of hydrogen-bond donors (Lipinski definition) is 1. The zero-order chi connectivity index (χ0) is 13.2. The zero-order valence-corrected chi connectivity index (χ0v) is 9.95. The Bertz CT molecular complexity index is 616. The lowest BCUT2D eigenvalue weighted by Gasteiger charge is -2.09. The second-order valence-electron chi connectivity index (χ2n) is 4.13. The second-order valence-corrected chi connectivity index (χ2v) is 4.13. The number of anilines is 1. The first-order valence-corrected chi connectivity index (χ1v) is 5.80. The van der Waals surface area contributed by atoms with Crippen LogP contribution in [0.2, 0.25) is 0 Å². The van der Waals surface area contributed by atoms with Gasteiger partial charge in [-0.2, -0.15) is 0 Å². The number of para-hydroxylation sites is 1. The molecule has 0 aliphatic carbocycles. The van der Waals surface area contributed by atoms with Gasteiger partial charge in [-0.1, -0.05) is 12.1 Å². The lowest BCUT2D eigenvalue weighted by Crippen LogP contribution is -2.03. The first kappa shape index (κ1) is 11.8. The minimum Gasteiger partial charge on any atom is -0.454 e. The number of benzene rings is 2. The van der Waals surface area contributed by atoms with Gasteiger partial charge in [-0.25, -0.2) is 8.78 Å². The molecule has 0 radical (unpaired) electrons. The van der Waals surface area contributed by atoms with E-state index >= 15 is 0 Å². The summed E-state index contributed by atoms with van der Waals surface area (Å²) in [5.74, 6) is 0.332. The molecule has 3 rings (SSSR count). The van der Waals surface area contributed by atoms with Gasteiger partial charge in [0.15, 0.2) is 11.5 Å². The van der Waals surface area contributed by atoms with Gasteiger partial charge in [0.05, 0.1) is 5.69 Å². The molecule has 1 aliphatic rings. The third-order valence-corrected chi connectivity index (χ3v) is 2.88. The van der Waals surface area contributed by atoms with Crippen LogP contribution in [0.1, 0.15) is 5.56 Å².